The highest BCUT2D eigenvalue weighted by atomic mass is 16.4. The average Bonchev–Trinajstić information content (AvgIpc) is 2.21. The molecule has 2 N–H and O–H groups in total. The lowest BCUT2D eigenvalue weighted by Gasteiger charge is -2.02. The van der Waals surface area contributed by atoms with Gasteiger partial charge in [-0.3, -0.25) is 0 Å². The van der Waals surface area contributed by atoms with Crippen molar-refractivity contribution in [3.63, 3.8) is 0 Å². The summed E-state index contributed by atoms with van der Waals surface area (Å²) in [6, 6.07) is 0. The van der Waals surface area contributed by atoms with Crippen molar-refractivity contribution in [2.75, 3.05) is 0 Å². The molecule has 0 bridgehead atoms. The molecule has 0 aliphatic carbocycles. The SMILES string of the molecule is CCCCC/C=C\CCCC(O)C(=O)O. The van der Waals surface area contributed by atoms with Crippen molar-refractivity contribution < 1.29 is 15.0 Å². The fraction of sp³-hybridized carbons (Fsp3) is 0.750. The van der Waals surface area contributed by atoms with Crippen LogP contribution in [0.25, 0.3) is 0 Å². The predicted octanol–water partition coefficient (Wildman–Crippen LogP) is 2.74. The zero-order valence-electron chi connectivity index (χ0n) is 9.48. The maximum atomic E-state index is 10.3. The Labute approximate surface area is 91.8 Å². The van der Waals surface area contributed by atoms with E-state index in [0.717, 1.165) is 19.3 Å². The van der Waals surface area contributed by atoms with Gasteiger partial charge in [0, 0.05) is 0 Å². The second kappa shape index (κ2) is 9.71. The molecule has 88 valence electrons. The van der Waals surface area contributed by atoms with Crippen LogP contribution in [0.1, 0.15) is 51.9 Å². The molecule has 0 aliphatic rings. The number of hydrogen-bond acceptors (Lipinski definition) is 2. The van der Waals surface area contributed by atoms with E-state index in [1.807, 2.05) is 0 Å². The number of carboxylic acids is 1. The molecule has 15 heavy (non-hydrogen) atoms. The van der Waals surface area contributed by atoms with E-state index in [9.17, 15) is 4.79 Å². The fourth-order valence-electron chi connectivity index (χ4n) is 1.30. The summed E-state index contributed by atoms with van der Waals surface area (Å²) < 4.78 is 0. The van der Waals surface area contributed by atoms with Gasteiger partial charge in [-0.2, -0.15) is 0 Å². The minimum atomic E-state index is -1.20. The Kier molecular flexibility index (Phi) is 9.18. The van der Waals surface area contributed by atoms with Gasteiger partial charge in [-0.1, -0.05) is 31.9 Å². The number of rotatable bonds is 9. The van der Waals surface area contributed by atoms with Crippen LogP contribution in [-0.2, 0) is 4.79 Å². The Hall–Kier alpha value is -0.830. The summed E-state index contributed by atoms with van der Waals surface area (Å²) in [7, 11) is 0. The van der Waals surface area contributed by atoms with Crippen LogP contribution in [0.15, 0.2) is 12.2 Å². The second-order valence-electron chi connectivity index (χ2n) is 3.75. The first-order valence-corrected chi connectivity index (χ1v) is 5.74. The van der Waals surface area contributed by atoms with Gasteiger partial charge in [0.05, 0.1) is 0 Å². The summed E-state index contributed by atoms with van der Waals surface area (Å²) >= 11 is 0. The third kappa shape index (κ3) is 9.47. The van der Waals surface area contributed by atoms with Gasteiger partial charge in [0.15, 0.2) is 6.10 Å². The molecule has 0 aromatic carbocycles. The lowest BCUT2D eigenvalue weighted by molar-refractivity contribution is -0.146. The molecule has 0 amide bonds. The summed E-state index contributed by atoms with van der Waals surface area (Å²) in [5.41, 5.74) is 0. The molecule has 0 saturated heterocycles. The summed E-state index contributed by atoms with van der Waals surface area (Å²) in [4.78, 5) is 10.3. The standard InChI is InChI=1S/C12H22O3/c1-2-3-4-5-6-7-8-9-10-11(13)12(14)15/h6-7,11,13H,2-5,8-10H2,1H3,(H,14,15)/b7-6-. The third-order valence-corrected chi connectivity index (χ3v) is 2.27. The highest BCUT2D eigenvalue weighted by molar-refractivity contribution is 5.71. The van der Waals surface area contributed by atoms with Crippen molar-refractivity contribution in [2.45, 2.75) is 58.0 Å². The third-order valence-electron chi connectivity index (χ3n) is 2.27. The smallest absolute Gasteiger partial charge is 0.332 e. The minimum Gasteiger partial charge on any atom is -0.479 e. The van der Waals surface area contributed by atoms with Crippen LogP contribution < -0.4 is 0 Å². The molecular weight excluding hydrogens is 192 g/mol. The Balaban J connectivity index is 3.26. The van der Waals surface area contributed by atoms with E-state index >= 15 is 0 Å². The van der Waals surface area contributed by atoms with Gasteiger partial charge in [0.1, 0.15) is 0 Å². The normalized spacial score (nSPS) is 13.2. The van der Waals surface area contributed by atoms with Crippen molar-refractivity contribution in [3.8, 4) is 0 Å². The maximum absolute atomic E-state index is 10.3. The van der Waals surface area contributed by atoms with E-state index in [2.05, 4.69) is 19.1 Å². The molecule has 0 saturated carbocycles. The highest BCUT2D eigenvalue weighted by Crippen LogP contribution is 2.04. The van der Waals surface area contributed by atoms with E-state index in [4.69, 9.17) is 10.2 Å². The van der Waals surface area contributed by atoms with Gasteiger partial charge < -0.3 is 10.2 Å². The molecule has 1 unspecified atom stereocenters. The number of aliphatic carboxylic acids is 1. The monoisotopic (exact) mass is 214 g/mol. The van der Waals surface area contributed by atoms with E-state index < -0.39 is 12.1 Å². The van der Waals surface area contributed by atoms with Crippen LogP contribution in [0.2, 0.25) is 0 Å². The number of aliphatic hydroxyl groups excluding tert-OH is 1. The van der Waals surface area contributed by atoms with Gasteiger partial charge in [-0.15, -0.1) is 0 Å². The van der Waals surface area contributed by atoms with Gasteiger partial charge >= 0.3 is 5.97 Å². The van der Waals surface area contributed by atoms with E-state index in [0.29, 0.717) is 6.42 Å². The average molecular weight is 214 g/mol. The van der Waals surface area contributed by atoms with Crippen LogP contribution >= 0.6 is 0 Å². The molecule has 0 rings (SSSR count). The Bertz CT molecular complexity index is 187. The molecular formula is C12H22O3. The number of hydrogen-bond donors (Lipinski definition) is 2. The molecule has 0 aromatic rings. The fourth-order valence-corrected chi connectivity index (χ4v) is 1.30. The summed E-state index contributed by atoms with van der Waals surface area (Å²) in [5.74, 6) is -1.12. The first-order valence-electron chi connectivity index (χ1n) is 5.74. The zero-order chi connectivity index (χ0) is 11.5. The summed E-state index contributed by atoms with van der Waals surface area (Å²) in [6.07, 6.45) is 9.79. The van der Waals surface area contributed by atoms with Crippen molar-refractivity contribution in [1.82, 2.24) is 0 Å². The topological polar surface area (TPSA) is 57.5 Å². The van der Waals surface area contributed by atoms with Crippen molar-refractivity contribution in [2.24, 2.45) is 0 Å². The number of unbranched alkanes of at least 4 members (excludes halogenated alkanes) is 4. The first kappa shape index (κ1) is 14.2. The molecule has 1 atom stereocenters. The number of carboxylic acid groups (broad SMARTS) is 1. The van der Waals surface area contributed by atoms with E-state index in [-0.39, 0.29) is 0 Å². The highest BCUT2D eigenvalue weighted by Gasteiger charge is 2.10. The van der Waals surface area contributed by atoms with Crippen LogP contribution in [0.3, 0.4) is 0 Å². The molecule has 0 spiro atoms. The van der Waals surface area contributed by atoms with Crippen LogP contribution in [-0.4, -0.2) is 22.3 Å². The summed E-state index contributed by atoms with van der Waals surface area (Å²) in [6.45, 7) is 2.18. The number of carbonyl (C=O) groups is 1. The van der Waals surface area contributed by atoms with E-state index in [1.54, 1.807) is 0 Å². The molecule has 3 nitrogen and oxygen atoms in total. The number of aliphatic hydroxyl groups is 1. The molecule has 0 aliphatic heterocycles. The lowest BCUT2D eigenvalue weighted by atomic mass is 10.1. The molecule has 0 aromatic heterocycles. The molecule has 0 fully saturated rings. The molecule has 0 heterocycles. The quantitative estimate of drug-likeness (QED) is 0.458. The van der Waals surface area contributed by atoms with E-state index in [1.165, 1.54) is 19.3 Å². The molecule has 3 heteroatoms. The van der Waals surface area contributed by atoms with Crippen molar-refractivity contribution in [3.05, 3.63) is 12.2 Å². The Morgan fingerprint density at radius 1 is 1.20 bits per heavy atom. The Morgan fingerprint density at radius 2 is 1.80 bits per heavy atom. The largest absolute Gasteiger partial charge is 0.479 e. The van der Waals surface area contributed by atoms with Gasteiger partial charge in [0.25, 0.3) is 0 Å². The first-order chi connectivity index (χ1) is 7.18. The van der Waals surface area contributed by atoms with Gasteiger partial charge in [0.2, 0.25) is 0 Å². The minimum absolute atomic E-state index is 0.342. The van der Waals surface area contributed by atoms with Crippen molar-refractivity contribution in [1.29, 1.82) is 0 Å². The van der Waals surface area contributed by atoms with Crippen molar-refractivity contribution >= 4 is 5.97 Å². The van der Waals surface area contributed by atoms with Crippen LogP contribution in [0, 0.1) is 0 Å². The Morgan fingerprint density at radius 3 is 2.33 bits per heavy atom. The van der Waals surface area contributed by atoms with Gasteiger partial charge in [-0.05, 0) is 32.1 Å². The number of allylic oxidation sites excluding steroid dienone is 2. The predicted molar refractivity (Wildman–Crippen MR) is 60.8 cm³/mol. The summed E-state index contributed by atoms with van der Waals surface area (Å²) in [5, 5.41) is 17.4. The van der Waals surface area contributed by atoms with Crippen LogP contribution in [0.4, 0.5) is 0 Å². The van der Waals surface area contributed by atoms with Gasteiger partial charge in [-0.25, -0.2) is 4.79 Å². The second-order valence-corrected chi connectivity index (χ2v) is 3.75. The lowest BCUT2D eigenvalue weighted by Crippen LogP contribution is -2.18. The molecule has 0 radical (unpaired) electrons. The zero-order valence-corrected chi connectivity index (χ0v) is 9.48. The maximum Gasteiger partial charge on any atom is 0.332 e. The van der Waals surface area contributed by atoms with Crippen LogP contribution in [0.5, 0.6) is 0 Å².